The lowest BCUT2D eigenvalue weighted by atomic mass is 10.1. The summed E-state index contributed by atoms with van der Waals surface area (Å²) < 4.78 is 0. The molecule has 88 valence electrons. The molecule has 0 aromatic heterocycles. The average molecular weight is 214 g/mol. The molecule has 3 N–H and O–H groups in total. The van der Waals surface area contributed by atoms with Crippen LogP contribution in [-0.2, 0) is 9.59 Å². The molecule has 0 aliphatic rings. The minimum absolute atomic E-state index is 0.156. The van der Waals surface area contributed by atoms with E-state index in [0.717, 1.165) is 12.8 Å². The Hall–Kier alpha value is -0.900. The molecule has 0 rings (SSSR count). The van der Waals surface area contributed by atoms with Gasteiger partial charge in [-0.1, -0.05) is 13.3 Å². The molecular formula is C11H22N2O2. The minimum atomic E-state index is -0.471. The number of ketones is 1. The number of rotatable bonds is 8. The van der Waals surface area contributed by atoms with Gasteiger partial charge in [0.15, 0.2) is 0 Å². The van der Waals surface area contributed by atoms with Gasteiger partial charge in [-0.3, -0.25) is 9.59 Å². The van der Waals surface area contributed by atoms with Crippen molar-refractivity contribution in [3.8, 4) is 0 Å². The van der Waals surface area contributed by atoms with Crippen molar-refractivity contribution in [1.29, 1.82) is 0 Å². The third-order valence-electron chi connectivity index (χ3n) is 2.15. The van der Waals surface area contributed by atoms with Crippen LogP contribution in [0, 0.1) is 0 Å². The number of carbonyl (C=O) groups excluding carboxylic acids is 2. The zero-order chi connectivity index (χ0) is 11.7. The van der Waals surface area contributed by atoms with Crippen molar-refractivity contribution in [2.75, 3.05) is 6.54 Å². The van der Waals surface area contributed by atoms with E-state index >= 15 is 0 Å². The third kappa shape index (κ3) is 8.12. The van der Waals surface area contributed by atoms with E-state index in [2.05, 4.69) is 12.2 Å². The van der Waals surface area contributed by atoms with Crippen molar-refractivity contribution >= 4 is 11.7 Å². The number of carbonyl (C=O) groups is 2. The second-order valence-corrected chi connectivity index (χ2v) is 3.83. The Morgan fingerprint density at radius 2 is 1.87 bits per heavy atom. The molecule has 0 spiro atoms. The van der Waals surface area contributed by atoms with Crippen molar-refractivity contribution in [3.05, 3.63) is 0 Å². The second-order valence-electron chi connectivity index (χ2n) is 3.83. The summed E-state index contributed by atoms with van der Waals surface area (Å²) in [5.41, 5.74) is 5.36. The van der Waals surface area contributed by atoms with Gasteiger partial charge in [0.2, 0.25) is 5.91 Å². The molecule has 1 unspecified atom stereocenters. The van der Waals surface area contributed by atoms with Crippen molar-refractivity contribution in [1.82, 2.24) is 5.32 Å². The number of nitrogens with one attached hydrogen (secondary N) is 1. The van der Waals surface area contributed by atoms with Crippen LogP contribution in [0.5, 0.6) is 0 Å². The number of nitrogens with two attached hydrogens (primary N) is 1. The Balaban J connectivity index is 3.38. The second kappa shape index (κ2) is 8.41. The largest absolute Gasteiger partial charge is 0.355 e. The van der Waals surface area contributed by atoms with Crippen LogP contribution in [0.3, 0.4) is 0 Å². The zero-order valence-electron chi connectivity index (χ0n) is 9.71. The molecule has 0 fully saturated rings. The van der Waals surface area contributed by atoms with Gasteiger partial charge in [-0.2, -0.15) is 0 Å². The molecule has 15 heavy (non-hydrogen) atoms. The Morgan fingerprint density at radius 3 is 2.40 bits per heavy atom. The molecule has 4 nitrogen and oxygen atoms in total. The lowest BCUT2D eigenvalue weighted by Gasteiger charge is -2.06. The average Bonchev–Trinajstić information content (AvgIpc) is 2.20. The summed E-state index contributed by atoms with van der Waals surface area (Å²) in [5.74, 6) is 0.128. The smallest absolute Gasteiger partial charge is 0.236 e. The summed E-state index contributed by atoms with van der Waals surface area (Å²) in [5, 5.41) is 2.68. The molecule has 1 amide bonds. The molecule has 0 heterocycles. The van der Waals surface area contributed by atoms with E-state index in [-0.39, 0.29) is 11.7 Å². The van der Waals surface area contributed by atoms with Crippen LogP contribution in [0.1, 0.15) is 46.0 Å². The van der Waals surface area contributed by atoms with Crippen LogP contribution < -0.4 is 11.1 Å². The van der Waals surface area contributed by atoms with Crippen molar-refractivity contribution in [2.45, 2.75) is 52.0 Å². The number of hydrogen-bond acceptors (Lipinski definition) is 3. The van der Waals surface area contributed by atoms with Gasteiger partial charge in [-0.15, -0.1) is 0 Å². The summed E-state index contributed by atoms with van der Waals surface area (Å²) in [7, 11) is 0. The molecule has 4 heteroatoms. The number of hydrogen-bond donors (Lipinski definition) is 2. The van der Waals surface area contributed by atoms with E-state index in [9.17, 15) is 9.59 Å². The van der Waals surface area contributed by atoms with E-state index in [1.807, 2.05) is 0 Å². The molecular weight excluding hydrogens is 192 g/mol. The van der Waals surface area contributed by atoms with Gasteiger partial charge in [0.1, 0.15) is 5.78 Å². The maximum absolute atomic E-state index is 11.2. The maximum Gasteiger partial charge on any atom is 0.236 e. The first-order valence-electron chi connectivity index (χ1n) is 5.63. The predicted molar refractivity (Wildman–Crippen MR) is 60.4 cm³/mol. The summed E-state index contributed by atoms with van der Waals surface area (Å²) in [6, 6.07) is -0.471. The van der Waals surface area contributed by atoms with Gasteiger partial charge < -0.3 is 11.1 Å². The first kappa shape index (κ1) is 14.1. The van der Waals surface area contributed by atoms with Gasteiger partial charge in [0, 0.05) is 19.4 Å². The van der Waals surface area contributed by atoms with E-state index in [0.29, 0.717) is 25.8 Å². The van der Waals surface area contributed by atoms with Crippen molar-refractivity contribution < 1.29 is 9.59 Å². The highest BCUT2D eigenvalue weighted by Gasteiger charge is 2.06. The van der Waals surface area contributed by atoms with Gasteiger partial charge in [0.05, 0.1) is 6.04 Å². The lowest BCUT2D eigenvalue weighted by molar-refractivity contribution is -0.122. The molecule has 0 bridgehead atoms. The Morgan fingerprint density at radius 1 is 1.27 bits per heavy atom. The van der Waals surface area contributed by atoms with Gasteiger partial charge in [0.25, 0.3) is 0 Å². The SMILES string of the molecule is CCCCC(=O)CCCNC(=O)C(C)N. The van der Waals surface area contributed by atoms with E-state index in [1.54, 1.807) is 6.92 Å². The summed E-state index contributed by atoms with van der Waals surface area (Å²) in [4.78, 5) is 22.3. The first-order chi connectivity index (χ1) is 7.07. The topological polar surface area (TPSA) is 72.2 Å². The van der Waals surface area contributed by atoms with Crippen molar-refractivity contribution in [2.24, 2.45) is 5.73 Å². The normalized spacial score (nSPS) is 12.2. The molecule has 0 radical (unpaired) electrons. The van der Waals surface area contributed by atoms with Gasteiger partial charge >= 0.3 is 0 Å². The number of amides is 1. The highest BCUT2D eigenvalue weighted by Crippen LogP contribution is 2.00. The molecule has 1 atom stereocenters. The van der Waals surface area contributed by atoms with Gasteiger partial charge in [-0.25, -0.2) is 0 Å². The van der Waals surface area contributed by atoms with Gasteiger partial charge in [-0.05, 0) is 19.8 Å². The van der Waals surface area contributed by atoms with E-state index < -0.39 is 6.04 Å². The first-order valence-corrected chi connectivity index (χ1v) is 5.63. The fourth-order valence-electron chi connectivity index (χ4n) is 1.16. The summed E-state index contributed by atoms with van der Waals surface area (Å²) >= 11 is 0. The highest BCUT2D eigenvalue weighted by molar-refractivity contribution is 5.81. The lowest BCUT2D eigenvalue weighted by Crippen LogP contribution is -2.38. The van der Waals surface area contributed by atoms with Crippen LogP contribution in [0.4, 0.5) is 0 Å². The maximum atomic E-state index is 11.2. The molecule has 0 aromatic rings. The van der Waals surface area contributed by atoms with E-state index in [4.69, 9.17) is 5.73 Å². The van der Waals surface area contributed by atoms with Crippen LogP contribution in [-0.4, -0.2) is 24.3 Å². The highest BCUT2D eigenvalue weighted by atomic mass is 16.2. The predicted octanol–water partition coefficient (Wildman–Crippen LogP) is 0.989. The monoisotopic (exact) mass is 214 g/mol. The van der Waals surface area contributed by atoms with Crippen LogP contribution >= 0.6 is 0 Å². The minimum Gasteiger partial charge on any atom is -0.355 e. The fraction of sp³-hybridized carbons (Fsp3) is 0.818. The number of unbranched alkanes of at least 4 members (excludes halogenated alkanes) is 1. The quantitative estimate of drug-likeness (QED) is 0.592. The zero-order valence-corrected chi connectivity index (χ0v) is 9.71. The Labute approximate surface area is 91.6 Å². The number of Topliss-reactive ketones (excluding diaryl/α,β-unsaturated/α-hetero) is 1. The fourth-order valence-corrected chi connectivity index (χ4v) is 1.16. The molecule has 0 aromatic carbocycles. The third-order valence-corrected chi connectivity index (χ3v) is 2.15. The summed E-state index contributed by atoms with van der Waals surface area (Å²) in [6.45, 7) is 4.25. The molecule has 0 aliphatic carbocycles. The molecule has 0 saturated heterocycles. The Bertz CT molecular complexity index is 203. The standard InChI is InChI=1S/C11H22N2O2/c1-3-4-6-10(14)7-5-8-13-11(15)9(2)12/h9H,3-8,12H2,1-2H3,(H,13,15). The summed E-state index contributed by atoms with van der Waals surface area (Å²) in [6.07, 6.45) is 3.94. The Kier molecular flexibility index (Phi) is 7.91. The van der Waals surface area contributed by atoms with Crippen LogP contribution in [0.2, 0.25) is 0 Å². The van der Waals surface area contributed by atoms with Crippen LogP contribution in [0.25, 0.3) is 0 Å². The van der Waals surface area contributed by atoms with Crippen LogP contribution in [0.15, 0.2) is 0 Å². The van der Waals surface area contributed by atoms with E-state index in [1.165, 1.54) is 0 Å². The molecule has 0 aliphatic heterocycles. The van der Waals surface area contributed by atoms with Crippen molar-refractivity contribution in [3.63, 3.8) is 0 Å². The molecule has 0 saturated carbocycles.